The van der Waals surface area contributed by atoms with Gasteiger partial charge in [-0.3, -0.25) is 4.79 Å². The van der Waals surface area contributed by atoms with Crippen LogP contribution in [0, 0.1) is 0 Å². The Bertz CT molecular complexity index is 698. The fourth-order valence-corrected chi connectivity index (χ4v) is 3.15. The van der Waals surface area contributed by atoms with E-state index in [0.29, 0.717) is 49.9 Å². The van der Waals surface area contributed by atoms with Gasteiger partial charge in [0.25, 0.3) is 5.91 Å². The Labute approximate surface area is 153 Å². The van der Waals surface area contributed by atoms with Gasteiger partial charge in [0.1, 0.15) is 18.8 Å². The van der Waals surface area contributed by atoms with Gasteiger partial charge in [-0.1, -0.05) is 6.07 Å². The molecule has 1 fully saturated rings. The van der Waals surface area contributed by atoms with Crippen LogP contribution in [0.25, 0.3) is 0 Å². The van der Waals surface area contributed by atoms with Gasteiger partial charge in [-0.15, -0.1) is 0 Å². The van der Waals surface area contributed by atoms with Crippen molar-refractivity contribution in [3.05, 3.63) is 23.8 Å². The van der Waals surface area contributed by atoms with Crippen LogP contribution in [0.15, 0.2) is 18.2 Å². The van der Waals surface area contributed by atoms with Crippen LogP contribution in [-0.2, 0) is 4.74 Å². The average Bonchev–Trinajstić information content (AvgIpc) is 2.59. The van der Waals surface area contributed by atoms with E-state index >= 15 is 0 Å². The molecule has 142 valence electrons. The lowest BCUT2D eigenvalue weighted by Gasteiger charge is -2.40. The summed E-state index contributed by atoms with van der Waals surface area (Å²) in [4.78, 5) is 28.7. The minimum atomic E-state index is -0.538. The van der Waals surface area contributed by atoms with Crippen molar-refractivity contribution in [2.24, 2.45) is 0 Å². The molecule has 0 radical (unpaired) electrons. The number of benzene rings is 1. The number of hydrogen-bond acceptors (Lipinski definition) is 5. The van der Waals surface area contributed by atoms with Crippen molar-refractivity contribution in [3.8, 4) is 11.5 Å². The summed E-state index contributed by atoms with van der Waals surface area (Å²) in [6, 6.07) is 5.22. The Hall–Kier alpha value is -2.44. The fourth-order valence-electron chi connectivity index (χ4n) is 3.15. The standard InChI is InChI=1S/C19H26N2O5/c1-13-12-20(8-9-21(13)18(23)26-19(2,3)4)17(22)14-6-5-7-15-16(14)25-11-10-24-15/h5-7,13H,8-12H2,1-4H3/t13-/m1/s1. The van der Waals surface area contributed by atoms with E-state index < -0.39 is 5.60 Å². The van der Waals surface area contributed by atoms with Crippen LogP contribution >= 0.6 is 0 Å². The van der Waals surface area contributed by atoms with Crippen LogP contribution in [0.3, 0.4) is 0 Å². The molecule has 7 heteroatoms. The third-order valence-electron chi connectivity index (χ3n) is 4.34. The summed E-state index contributed by atoms with van der Waals surface area (Å²) < 4.78 is 16.7. The highest BCUT2D eigenvalue weighted by Gasteiger charge is 2.34. The molecule has 1 aromatic carbocycles. The highest BCUT2D eigenvalue weighted by molar-refractivity contribution is 5.98. The quantitative estimate of drug-likeness (QED) is 0.768. The van der Waals surface area contributed by atoms with Crippen molar-refractivity contribution >= 4 is 12.0 Å². The first kappa shape index (κ1) is 18.4. The van der Waals surface area contributed by atoms with Crippen LogP contribution in [0.2, 0.25) is 0 Å². The van der Waals surface area contributed by atoms with Crippen LogP contribution in [0.5, 0.6) is 11.5 Å². The summed E-state index contributed by atoms with van der Waals surface area (Å²) in [5.41, 5.74) is -0.0374. The predicted molar refractivity (Wildman–Crippen MR) is 95.7 cm³/mol. The van der Waals surface area contributed by atoms with Gasteiger partial charge in [0.05, 0.1) is 5.56 Å². The van der Waals surface area contributed by atoms with Gasteiger partial charge in [0, 0.05) is 25.7 Å². The van der Waals surface area contributed by atoms with E-state index in [-0.39, 0.29) is 18.0 Å². The van der Waals surface area contributed by atoms with Gasteiger partial charge >= 0.3 is 6.09 Å². The molecule has 2 aliphatic heterocycles. The van der Waals surface area contributed by atoms with E-state index in [1.165, 1.54) is 0 Å². The minimum Gasteiger partial charge on any atom is -0.486 e. The van der Waals surface area contributed by atoms with Crippen molar-refractivity contribution < 1.29 is 23.8 Å². The minimum absolute atomic E-state index is 0.108. The van der Waals surface area contributed by atoms with Crippen molar-refractivity contribution in [1.82, 2.24) is 9.80 Å². The van der Waals surface area contributed by atoms with E-state index in [1.807, 2.05) is 27.7 Å². The molecule has 0 bridgehead atoms. The average molecular weight is 362 g/mol. The van der Waals surface area contributed by atoms with Crippen LogP contribution in [0.4, 0.5) is 4.79 Å². The van der Waals surface area contributed by atoms with Crippen molar-refractivity contribution in [3.63, 3.8) is 0 Å². The molecule has 1 saturated heterocycles. The Balaban J connectivity index is 1.69. The van der Waals surface area contributed by atoms with E-state index in [4.69, 9.17) is 14.2 Å². The third-order valence-corrected chi connectivity index (χ3v) is 4.34. The molecular weight excluding hydrogens is 336 g/mol. The lowest BCUT2D eigenvalue weighted by molar-refractivity contribution is 0.00189. The highest BCUT2D eigenvalue weighted by atomic mass is 16.6. The normalized spacial score (nSPS) is 19.9. The van der Waals surface area contributed by atoms with Gasteiger partial charge in [-0.05, 0) is 39.8 Å². The zero-order chi connectivity index (χ0) is 18.9. The number of nitrogens with zero attached hydrogens (tertiary/aromatic N) is 2. The summed E-state index contributed by atoms with van der Waals surface area (Å²) in [6.07, 6.45) is -0.342. The highest BCUT2D eigenvalue weighted by Crippen LogP contribution is 2.34. The molecule has 2 amide bonds. The van der Waals surface area contributed by atoms with Gasteiger partial charge in [0.15, 0.2) is 11.5 Å². The van der Waals surface area contributed by atoms with E-state index in [9.17, 15) is 9.59 Å². The number of ether oxygens (including phenoxy) is 3. The molecule has 1 aromatic rings. The number of piperazine rings is 1. The molecule has 3 rings (SSSR count). The molecule has 0 aliphatic carbocycles. The van der Waals surface area contributed by atoms with E-state index in [0.717, 1.165) is 0 Å². The Morgan fingerprint density at radius 1 is 1.15 bits per heavy atom. The molecule has 0 aromatic heterocycles. The van der Waals surface area contributed by atoms with Crippen molar-refractivity contribution in [2.75, 3.05) is 32.8 Å². The molecule has 0 unspecified atom stereocenters. The molecule has 26 heavy (non-hydrogen) atoms. The van der Waals surface area contributed by atoms with Gasteiger partial charge < -0.3 is 24.0 Å². The number of amides is 2. The Morgan fingerprint density at radius 2 is 1.88 bits per heavy atom. The third kappa shape index (κ3) is 3.86. The summed E-state index contributed by atoms with van der Waals surface area (Å²) in [7, 11) is 0. The predicted octanol–water partition coefficient (Wildman–Crippen LogP) is 2.54. The first-order valence-electron chi connectivity index (χ1n) is 8.94. The number of para-hydroxylation sites is 1. The van der Waals surface area contributed by atoms with E-state index in [1.54, 1.807) is 28.0 Å². The number of carbonyl (C=O) groups excluding carboxylic acids is 2. The number of hydrogen-bond donors (Lipinski definition) is 0. The lowest BCUT2D eigenvalue weighted by Crippen LogP contribution is -2.56. The van der Waals surface area contributed by atoms with Crippen molar-refractivity contribution in [1.29, 1.82) is 0 Å². The van der Waals surface area contributed by atoms with Gasteiger partial charge in [-0.25, -0.2) is 4.79 Å². The smallest absolute Gasteiger partial charge is 0.410 e. The topological polar surface area (TPSA) is 68.3 Å². The van der Waals surface area contributed by atoms with Crippen molar-refractivity contribution in [2.45, 2.75) is 39.3 Å². The largest absolute Gasteiger partial charge is 0.486 e. The summed E-state index contributed by atoms with van der Waals surface area (Å²) >= 11 is 0. The summed E-state index contributed by atoms with van der Waals surface area (Å²) in [6.45, 7) is 9.70. The molecule has 0 spiro atoms. The SMILES string of the molecule is C[C@@H]1CN(C(=O)c2cccc3c2OCCO3)CCN1C(=O)OC(C)(C)C. The maximum atomic E-state index is 13.0. The van der Waals surface area contributed by atoms with Crippen LogP contribution in [-0.4, -0.2) is 66.3 Å². The summed E-state index contributed by atoms with van der Waals surface area (Å²) in [5, 5.41) is 0. The Morgan fingerprint density at radius 3 is 2.58 bits per heavy atom. The molecule has 1 atom stereocenters. The monoisotopic (exact) mass is 362 g/mol. The molecule has 0 N–H and O–H groups in total. The molecule has 7 nitrogen and oxygen atoms in total. The first-order valence-corrected chi connectivity index (χ1v) is 8.94. The number of rotatable bonds is 1. The molecule has 0 saturated carbocycles. The maximum absolute atomic E-state index is 13.0. The first-order chi connectivity index (χ1) is 12.3. The number of carbonyl (C=O) groups is 2. The van der Waals surface area contributed by atoms with E-state index in [2.05, 4.69) is 0 Å². The zero-order valence-electron chi connectivity index (χ0n) is 15.8. The second kappa shape index (κ2) is 7.05. The van der Waals surface area contributed by atoms with Gasteiger partial charge in [0.2, 0.25) is 0 Å². The second-order valence-corrected chi connectivity index (χ2v) is 7.60. The molecule has 2 aliphatic rings. The zero-order valence-corrected chi connectivity index (χ0v) is 15.8. The Kier molecular flexibility index (Phi) is 4.98. The van der Waals surface area contributed by atoms with Crippen LogP contribution < -0.4 is 9.47 Å². The lowest BCUT2D eigenvalue weighted by atomic mass is 10.1. The van der Waals surface area contributed by atoms with Gasteiger partial charge in [-0.2, -0.15) is 0 Å². The summed E-state index contributed by atoms with van der Waals surface area (Å²) in [5.74, 6) is 0.997. The van der Waals surface area contributed by atoms with Crippen LogP contribution in [0.1, 0.15) is 38.1 Å². The fraction of sp³-hybridized carbons (Fsp3) is 0.579. The molecule has 2 heterocycles. The second-order valence-electron chi connectivity index (χ2n) is 7.60. The maximum Gasteiger partial charge on any atom is 0.410 e. The molecular formula is C19H26N2O5. The number of fused-ring (bicyclic) bond motifs is 1.